The molecule has 2 N–H and O–H groups in total. The third kappa shape index (κ3) is 3.73. The molecule has 0 unspecified atom stereocenters. The SMILES string of the molecule is CNc1ncc2c3cc(ncc13)Nc1cccc(n1)OCCO/C=C/c1cc-2nn1C. The maximum atomic E-state index is 5.69. The minimum atomic E-state index is 0.381. The molecule has 0 aromatic carbocycles. The summed E-state index contributed by atoms with van der Waals surface area (Å²) in [6.07, 6.45) is 7.15. The van der Waals surface area contributed by atoms with Crippen molar-refractivity contribution in [1.29, 1.82) is 0 Å². The summed E-state index contributed by atoms with van der Waals surface area (Å²) in [4.78, 5) is 13.6. The Kier molecular flexibility index (Phi) is 4.83. The fraction of sp³-hybridized carbons (Fsp3) is 0.182. The fourth-order valence-electron chi connectivity index (χ4n) is 3.45. The van der Waals surface area contributed by atoms with Gasteiger partial charge in [0.25, 0.3) is 0 Å². The second-order valence-corrected chi connectivity index (χ2v) is 6.97. The number of aromatic nitrogens is 5. The van der Waals surface area contributed by atoms with Crippen LogP contribution in [0.1, 0.15) is 5.69 Å². The van der Waals surface area contributed by atoms with Crippen LogP contribution in [-0.2, 0) is 11.8 Å². The Morgan fingerprint density at radius 1 is 1.06 bits per heavy atom. The van der Waals surface area contributed by atoms with E-state index in [1.54, 1.807) is 12.5 Å². The molecule has 0 fully saturated rings. The molecule has 4 aromatic rings. The summed E-state index contributed by atoms with van der Waals surface area (Å²) in [6.45, 7) is 0.782. The van der Waals surface area contributed by atoms with Gasteiger partial charge in [-0.1, -0.05) is 6.07 Å². The van der Waals surface area contributed by atoms with Gasteiger partial charge in [-0.15, -0.1) is 0 Å². The van der Waals surface area contributed by atoms with Crippen LogP contribution < -0.4 is 15.4 Å². The van der Waals surface area contributed by atoms with Gasteiger partial charge >= 0.3 is 0 Å². The van der Waals surface area contributed by atoms with E-state index in [9.17, 15) is 0 Å². The quantitative estimate of drug-likeness (QED) is 0.487. The Morgan fingerprint density at radius 3 is 2.90 bits per heavy atom. The molecule has 9 heteroatoms. The van der Waals surface area contributed by atoms with Crippen LogP contribution in [0.4, 0.5) is 17.5 Å². The maximum Gasteiger partial charge on any atom is 0.215 e. The number of nitrogens with zero attached hydrogens (tertiary/aromatic N) is 5. The zero-order chi connectivity index (χ0) is 21.2. The average molecular weight is 415 g/mol. The summed E-state index contributed by atoms with van der Waals surface area (Å²) >= 11 is 0. The Hall–Kier alpha value is -4.14. The van der Waals surface area contributed by atoms with E-state index in [1.807, 2.05) is 61.4 Å². The van der Waals surface area contributed by atoms with E-state index in [4.69, 9.17) is 9.47 Å². The molecule has 0 aliphatic carbocycles. The molecule has 9 nitrogen and oxygen atoms in total. The summed E-state index contributed by atoms with van der Waals surface area (Å²) in [5.74, 6) is 2.57. The molecule has 0 saturated heterocycles. The molecular weight excluding hydrogens is 394 g/mol. The number of ether oxygens (including phenoxy) is 2. The minimum Gasteiger partial charge on any atom is -0.498 e. The van der Waals surface area contributed by atoms with Gasteiger partial charge in [0, 0.05) is 48.9 Å². The second-order valence-electron chi connectivity index (χ2n) is 6.97. The third-order valence-electron chi connectivity index (χ3n) is 4.97. The molecule has 31 heavy (non-hydrogen) atoms. The second kappa shape index (κ2) is 7.94. The Balaban J connectivity index is 1.69. The van der Waals surface area contributed by atoms with Crippen LogP contribution in [-0.4, -0.2) is 45.0 Å². The van der Waals surface area contributed by atoms with Crippen LogP contribution >= 0.6 is 0 Å². The third-order valence-corrected chi connectivity index (χ3v) is 4.97. The van der Waals surface area contributed by atoms with Crippen molar-refractivity contribution in [1.82, 2.24) is 24.7 Å². The van der Waals surface area contributed by atoms with Gasteiger partial charge in [0.1, 0.15) is 30.7 Å². The average Bonchev–Trinajstić information content (AvgIpc) is 3.15. The van der Waals surface area contributed by atoms with Crippen LogP contribution in [0.5, 0.6) is 5.88 Å². The lowest BCUT2D eigenvalue weighted by molar-refractivity contribution is 0.177. The van der Waals surface area contributed by atoms with E-state index >= 15 is 0 Å². The number of nitrogens with one attached hydrogen (secondary N) is 2. The summed E-state index contributed by atoms with van der Waals surface area (Å²) < 4.78 is 13.1. The minimum absolute atomic E-state index is 0.381. The first-order valence-electron chi connectivity index (χ1n) is 9.87. The fourth-order valence-corrected chi connectivity index (χ4v) is 3.45. The van der Waals surface area contributed by atoms with Gasteiger partial charge in [-0.2, -0.15) is 10.1 Å². The van der Waals surface area contributed by atoms with Crippen molar-refractivity contribution in [3.63, 3.8) is 0 Å². The molecule has 5 rings (SSSR count). The lowest BCUT2D eigenvalue weighted by Gasteiger charge is -2.12. The molecule has 5 heterocycles. The van der Waals surface area contributed by atoms with Gasteiger partial charge in [0.05, 0.1) is 17.6 Å². The van der Waals surface area contributed by atoms with E-state index in [2.05, 4.69) is 30.7 Å². The van der Waals surface area contributed by atoms with Crippen LogP contribution in [0.25, 0.3) is 28.1 Å². The van der Waals surface area contributed by atoms with E-state index < -0.39 is 0 Å². The number of pyridine rings is 3. The van der Waals surface area contributed by atoms with Crippen molar-refractivity contribution >= 4 is 34.3 Å². The number of anilines is 3. The molecule has 6 bridgehead atoms. The summed E-state index contributed by atoms with van der Waals surface area (Å²) in [6, 6.07) is 9.53. The van der Waals surface area contributed by atoms with E-state index in [0.717, 1.165) is 33.5 Å². The van der Waals surface area contributed by atoms with Gasteiger partial charge in [-0.25, -0.2) is 9.97 Å². The van der Waals surface area contributed by atoms with Crippen LogP contribution in [0.3, 0.4) is 0 Å². The van der Waals surface area contributed by atoms with Gasteiger partial charge in [0.2, 0.25) is 5.88 Å². The number of hydrogen-bond donors (Lipinski definition) is 2. The molecular formula is C22H21N7O2. The lowest BCUT2D eigenvalue weighted by atomic mass is 10.1. The molecule has 0 amide bonds. The largest absolute Gasteiger partial charge is 0.498 e. The Bertz CT molecular complexity index is 1280. The van der Waals surface area contributed by atoms with Crippen LogP contribution in [0.15, 0.2) is 49.0 Å². The Labute approximate surface area is 178 Å². The molecule has 4 aromatic heterocycles. The highest BCUT2D eigenvalue weighted by Crippen LogP contribution is 2.33. The first-order chi connectivity index (χ1) is 15.2. The van der Waals surface area contributed by atoms with E-state index in [-0.39, 0.29) is 0 Å². The van der Waals surface area contributed by atoms with Gasteiger partial charge in [-0.05, 0) is 24.3 Å². The number of rotatable bonds is 1. The highest BCUT2D eigenvalue weighted by molar-refractivity contribution is 6.02. The summed E-state index contributed by atoms with van der Waals surface area (Å²) in [5, 5.41) is 12.9. The standard InChI is InChI=1S/C22H21N7O2/c1-23-22-17-13-24-20-11-15(17)16(12-25-22)18-10-14(29(2)28-18)6-7-30-8-9-31-21-5-3-4-19(26-20)27-21/h3-7,10-13H,8-9H2,1-2H3,(H,23,25)(H,24,26,27)/b7-6+. The highest BCUT2D eigenvalue weighted by Gasteiger charge is 2.14. The predicted molar refractivity (Wildman–Crippen MR) is 119 cm³/mol. The molecule has 0 spiro atoms. The van der Waals surface area contributed by atoms with Gasteiger partial charge < -0.3 is 20.1 Å². The van der Waals surface area contributed by atoms with Crippen molar-refractivity contribution in [3.05, 3.63) is 54.7 Å². The van der Waals surface area contributed by atoms with Gasteiger partial charge in [0.15, 0.2) is 0 Å². The molecule has 0 radical (unpaired) electrons. The summed E-state index contributed by atoms with van der Waals surface area (Å²) in [5.41, 5.74) is 2.63. The first-order valence-corrected chi connectivity index (χ1v) is 9.87. The smallest absolute Gasteiger partial charge is 0.215 e. The molecule has 0 saturated carbocycles. The molecule has 1 aliphatic heterocycles. The zero-order valence-electron chi connectivity index (χ0n) is 17.2. The number of hydrogen-bond acceptors (Lipinski definition) is 8. The van der Waals surface area contributed by atoms with Crippen molar-refractivity contribution in [2.75, 3.05) is 30.9 Å². The molecule has 1 aliphatic rings. The number of aryl methyl sites for hydroxylation is 1. The Morgan fingerprint density at radius 2 is 2.00 bits per heavy atom. The van der Waals surface area contributed by atoms with Crippen molar-refractivity contribution < 1.29 is 9.47 Å². The maximum absolute atomic E-state index is 5.69. The van der Waals surface area contributed by atoms with E-state index in [1.165, 1.54) is 0 Å². The molecule has 156 valence electrons. The summed E-state index contributed by atoms with van der Waals surface area (Å²) in [7, 11) is 3.74. The first kappa shape index (κ1) is 18.9. The van der Waals surface area contributed by atoms with Crippen molar-refractivity contribution in [3.8, 4) is 17.1 Å². The number of fused-ring (bicyclic) bond motifs is 6. The van der Waals surface area contributed by atoms with Gasteiger partial charge in [-0.3, -0.25) is 4.68 Å². The van der Waals surface area contributed by atoms with Crippen molar-refractivity contribution in [2.24, 2.45) is 7.05 Å². The van der Waals surface area contributed by atoms with Crippen LogP contribution in [0.2, 0.25) is 0 Å². The van der Waals surface area contributed by atoms with Crippen LogP contribution in [0, 0.1) is 0 Å². The molecule has 0 atom stereocenters. The zero-order valence-corrected chi connectivity index (χ0v) is 17.2. The predicted octanol–water partition coefficient (Wildman–Crippen LogP) is 3.59. The highest BCUT2D eigenvalue weighted by atomic mass is 16.5. The lowest BCUT2D eigenvalue weighted by Crippen LogP contribution is -2.06. The topological polar surface area (TPSA) is 99.0 Å². The van der Waals surface area contributed by atoms with Crippen molar-refractivity contribution in [2.45, 2.75) is 0 Å². The normalized spacial score (nSPS) is 14.3. The monoisotopic (exact) mass is 415 g/mol. The van der Waals surface area contributed by atoms with E-state index in [0.29, 0.717) is 30.7 Å².